The zero-order valence-corrected chi connectivity index (χ0v) is 23.9. The first-order chi connectivity index (χ1) is 22.2. The molecule has 6 heteroatoms. The van der Waals surface area contributed by atoms with E-state index in [1.165, 1.54) is 0 Å². The maximum absolute atomic E-state index is 9.58. The molecule has 6 nitrogen and oxygen atoms in total. The van der Waals surface area contributed by atoms with E-state index < -0.39 is 0 Å². The van der Waals surface area contributed by atoms with E-state index in [2.05, 4.69) is 29.3 Å². The second-order valence-electron chi connectivity index (χ2n) is 10.6. The molecule has 0 atom stereocenters. The summed E-state index contributed by atoms with van der Waals surface area (Å²) in [5.41, 5.74) is 8.59. The van der Waals surface area contributed by atoms with Gasteiger partial charge in [0.25, 0.3) is 0 Å². The standard InChI is InChI=1S/C39H23N5O/c40-22-30-13-7-8-14-31(30)26-15-17-28(18-16-26)38-42-37(27-11-5-2-6-12-27)43-39(44-38)29-19-20-32-34(21-29)45-35-24-41-23-33(36(32)35)25-9-3-1-4-10-25/h1-21,23-24H. The van der Waals surface area contributed by atoms with Crippen LogP contribution in [0, 0.1) is 11.3 Å². The fraction of sp³-hybridized carbons (Fsp3) is 0. The van der Waals surface area contributed by atoms with Crippen molar-refractivity contribution in [2.45, 2.75) is 0 Å². The molecule has 210 valence electrons. The van der Waals surface area contributed by atoms with Gasteiger partial charge in [0.15, 0.2) is 23.1 Å². The summed E-state index contributed by atoms with van der Waals surface area (Å²) in [6, 6.07) is 44.0. The largest absolute Gasteiger partial charge is 0.454 e. The average Bonchev–Trinajstić information content (AvgIpc) is 3.50. The first kappa shape index (κ1) is 26.2. The maximum atomic E-state index is 9.58. The van der Waals surface area contributed by atoms with Gasteiger partial charge in [0, 0.05) is 39.2 Å². The summed E-state index contributed by atoms with van der Waals surface area (Å²) in [5, 5.41) is 11.6. The molecule has 3 heterocycles. The summed E-state index contributed by atoms with van der Waals surface area (Å²) in [6.45, 7) is 0. The minimum Gasteiger partial charge on any atom is -0.454 e. The molecule has 0 aliphatic carbocycles. The second kappa shape index (κ2) is 11.0. The molecule has 5 aromatic carbocycles. The molecule has 0 N–H and O–H groups in total. The van der Waals surface area contributed by atoms with Crippen LogP contribution < -0.4 is 0 Å². The van der Waals surface area contributed by atoms with Crippen LogP contribution in [0.2, 0.25) is 0 Å². The SMILES string of the molecule is N#Cc1ccccc1-c1ccc(-c2nc(-c3ccccc3)nc(-c3ccc4c(c3)oc3cncc(-c5ccccc5)c34)n2)cc1. The molecule has 0 unspecified atom stereocenters. The van der Waals surface area contributed by atoms with Crippen LogP contribution in [0.5, 0.6) is 0 Å². The number of aromatic nitrogens is 4. The number of nitriles is 1. The van der Waals surface area contributed by atoms with E-state index in [0.717, 1.165) is 60.9 Å². The predicted octanol–water partition coefficient (Wildman–Crippen LogP) is 9.37. The summed E-state index contributed by atoms with van der Waals surface area (Å²) < 4.78 is 6.32. The van der Waals surface area contributed by atoms with Crippen LogP contribution in [0.3, 0.4) is 0 Å². The summed E-state index contributed by atoms with van der Waals surface area (Å²) in [4.78, 5) is 19.2. The molecular formula is C39H23N5O. The molecule has 0 amide bonds. The van der Waals surface area contributed by atoms with Crippen LogP contribution in [0.4, 0.5) is 0 Å². The lowest BCUT2D eigenvalue weighted by Crippen LogP contribution is -2.00. The molecule has 0 saturated heterocycles. The van der Waals surface area contributed by atoms with Gasteiger partial charge in [0.1, 0.15) is 5.58 Å². The number of rotatable bonds is 5. The zero-order chi connectivity index (χ0) is 30.2. The number of benzene rings is 5. The van der Waals surface area contributed by atoms with Crippen molar-refractivity contribution in [1.29, 1.82) is 5.26 Å². The van der Waals surface area contributed by atoms with Crippen LogP contribution in [-0.4, -0.2) is 19.9 Å². The van der Waals surface area contributed by atoms with Gasteiger partial charge in [-0.3, -0.25) is 4.98 Å². The van der Waals surface area contributed by atoms with Gasteiger partial charge in [0.2, 0.25) is 0 Å². The molecule has 8 rings (SSSR count). The molecule has 0 aliphatic heterocycles. The topological polar surface area (TPSA) is 88.5 Å². The number of hydrogen-bond acceptors (Lipinski definition) is 6. The third-order valence-corrected chi connectivity index (χ3v) is 7.89. The van der Waals surface area contributed by atoms with Crippen molar-refractivity contribution in [2.24, 2.45) is 0 Å². The van der Waals surface area contributed by atoms with E-state index in [1.54, 1.807) is 6.20 Å². The van der Waals surface area contributed by atoms with Crippen molar-refractivity contribution in [1.82, 2.24) is 19.9 Å². The van der Waals surface area contributed by atoms with Crippen molar-refractivity contribution in [2.75, 3.05) is 0 Å². The Kier molecular flexibility index (Phi) is 6.40. The van der Waals surface area contributed by atoms with Crippen LogP contribution in [0.15, 0.2) is 144 Å². The molecule has 45 heavy (non-hydrogen) atoms. The Hall–Kier alpha value is -6.45. The zero-order valence-electron chi connectivity index (χ0n) is 23.9. The van der Waals surface area contributed by atoms with E-state index in [1.807, 2.05) is 115 Å². The van der Waals surface area contributed by atoms with Gasteiger partial charge in [-0.2, -0.15) is 5.26 Å². The van der Waals surface area contributed by atoms with Crippen molar-refractivity contribution in [3.8, 4) is 62.5 Å². The lowest BCUT2D eigenvalue weighted by molar-refractivity contribution is 0.667. The number of pyridine rings is 1. The van der Waals surface area contributed by atoms with Crippen LogP contribution >= 0.6 is 0 Å². The van der Waals surface area contributed by atoms with E-state index >= 15 is 0 Å². The monoisotopic (exact) mass is 577 g/mol. The van der Waals surface area contributed by atoms with Gasteiger partial charge in [0.05, 0.1) is 17.8 Å². The Morgan fingerprint density at radius 1 is 0.489 bits per heavy atom. The van der Waals surface area contributed by atoms with Crippen molar-refractivity contribution < 1.29 is 4.42 Å². The number of hydrogen-bond donors (Lipinski definition) is 0. The minimum atomic E-state index is 0.543. The summed E-state index contributed by atoms with van der Waals surface area (Å²) in [5.74, 6) is 1.68. The molecule has 0 saturated carbocycles. The Morgan fingerprint density at radius 3 is 1.76 bits per heavy atom. The minimum absolute atomic E-state index is 0.543. The smallest absolute Gasteiger partial charge is 0.164 e. The summed E-state index contributed by atoms with van der Waals surface area (Å²) >= 11 is 0. The molecule has 8 aromatic rings. The highest BCUT2D eigenvalue weighted by atomic mass is 16.3. The lowest BCUT2D eigenvalue weighted by atomic mass is 9.99. The highest BCUT2D eigenvalue weighted by Gasteiger charge is 2.17. The van der Waals surface area contributed by atoms with Crippen molar-refractivity contribution in [3.63, 3.8) is 0 Å². The first-order valence-electron chi connectivity index (χ1n) is 14.5. The fourth-order valence-electron chi connectivity index (χ4n) is 5.69. The van der Waals surface area contributed by atoms with Gasteiger partial charge in [-0.1, -0.05) is 109 Å². The third-order valence-electron chi connectivity index (χ3n) is 7.89. The van der Waals surface area contributed by atoms with Gasteiger partial charge in [-0.15, -0.1) is 0 Å². The molecule has 0 radical (unpaired) electrons. The Balaban J connectivity index is 1.25. The predicted molar refractivity (Wildman–Crippen MR) is 177 cm³/mol. The van der Waals surface area contributed by atoms with E-state index in [-0.39, 0.29) is 0 Å². The molecule has 0 aliphatic rings. The number of fused-ring (bicyclic) bond motifs is 3. The molecule has 0 bridgehead atoms. The highest BCUT2D eigenvalue weighted by molar-refractivity contribution is 6.12. The van der Waals surface area contributed by atoms with Crippen LogP contribution in [0.1, 0.15) is 5.56 Å². The second-order valence-corrected chi connectivity index (χ2v) is 10.6. The third kappa shape index (κ3) is 4.79. The molecule has 0 spiro atoms. The van der Waals surface area contributed by atoms with Crippen LogP contribution in [0.25, 0.3) is 78.4 Å². The first-order valence-corrected chi connectivity index (χ1v) is 14.5. The normalized spacial score (nSPS) is 11.1. The summed E-state index contributed by atoms with van der Waals surface area (Å²) in [6.07, 6.45) is 3.64. The average molecular weight is 578 g/mol. The van der Waals surface area contributed by atoms with Gasteiger partial charge in [-0.25, -0.2) is 15.0 Å². The molecular weight excluding hydrogens is 554 g/mol. The maximum Gasteiger partial charge on any atom is 0.164 e. The fourth-order valence-corrected chi connectivity index (χ4v) is 5.69. The highest BCUT2D eigenvalue weighted by Crippen LogP contribution is 2.37. The number of nitrogens with zero attached hydrogens (tertiary/aromatic N) is 5. The van der Waals surface area contributed by atoms with Crippen LogP contribution in [-0.2, 0) is 0 Å². The molecule has 3 aromatic heterocycles. The quantitative estimate of drug-likeness (QED) is 0.202. The van der Waals surface area contributed by atoms with E-state index in [4.69, 9.17) is 19.4 Å². The lowest BCUT2D eigenvalue weighted by Gasteiger charge is -2.09. The van der Waals surface area contributed by atoms with Crippen molar-refractivity contribution >= 4 is 21.9 Å². The Morgan fingerprint density at radius 2 is 1.04 bits per heavy atom. The van der Waals surface area contributed by atoms with Crippen molar-refractivity contribution in [3.05, 3.63) is 145 Å². The number of furan rings is 1. The van der Waals surface area contributed by atoms with Gasteiger partial charge >= 0.3 is 0 Å². The summed E-state index contributed by atoms with van der Waals surface area (Å²) in [7, 11) is 0. The van der Waals surface area contributed by atoms with Gasteiger partial charge in [-0.05, 0) is 34.9 Å². The Labute approximate surface area is 259 Å². The van der Waals surface area contributed by atoms with E-state index in [9.17, 15) is 5.26 Å². The molecule has 0 fully saturated rings. The Bertz CT molecular complexity index is 2370. The van der Waals surface area contributed by atoms with Gasteiger partial charge < -0.3 is 4.42 Å². The van der Waals surface area contributed by atoms with E-state index in [0.29, 0.717) is 23.0 Å².